The molecule has 2 aliphatic rings. The van der Waals surface area contributed by atoms with Gasteiger partial charge in [-0.25, -0.2) is 13.8 Å². The monoisotopic (exact) mass is 495 g/mol. The molecule has 2 heterocycles. The first-order valence-electron chi connectivity index (χ1n) is 10.9. The smallest absolute Gasteiger partial charge is 0.416 e. The Morgan fingerprint density at radius 3 is 2.57 bits per heavy atom. The Hall–Kier alpha value is -3.57. The predicted octanol–water partition coefficient (Wildman–Crippen LogP) is 4.27. The highest BCUT2D eigenvalue weighted by atomic mass is 19.4. The lowest BCUT2D eigenvalue weighted by Gasteiger charge is -2.20. The van der Waals surface area contributed by atoms with Crippen LogP contribution in [0.3, 0.4) is 0 Å². The van der Waals surface area contributed by atoms with E-state index in [1.165, 1.54) is 18.0 Å². The Morgan fingerprint density at radius 2 is 1.94 bits per heavy atom. The van der Waals surface area contributed by atoms with Crippen LogP contribution in [0, 0.1) is 5.92 Å². The van der Waals surface area contributed by atoms with Gasteiger partial charge in [-0.15, -0.1) is 0 Å². The Labute approximate surface area is 197 Å². The maximum absolute atomic E-state index is 13.3. The van der Waals surface area contributed by atoms with Crippen molar-refractivity contribution in [2.24, 2.45) is 10.9 Å². The minimum atomic E-state index is -4.81. The molecule has 1 amide bonds. The van der Waals surface area contributed by atoms with Crippen LogP contribution in [0.4, 0.5) is 22.0 Å². The van der Waals surface area contributed by atoms with Crippen molar-refractivity contribution in [1.82, 2.24) is 20.6 Å². The fraction of sp³-hybridized carbons (Fsp3) is 0.391. The summed E-state index contributed by atoms with van der Waals surface area (Å²) >= 11 is 0. The van der Waals surface area contributed by atoms with Crippen LogP contribution in [0.15, 0.2) is 47.4 Å². The first-order valence-corrected chi connectivity index (χ1v) is 10.9. The van der Waals surface area contributed by atoms with Crippen molar-refractivity contribution >= 4 is 11.7 Å². The molecule has 0 saturated heterocycles. The molecule has 1 aromatic carbocycles. The van der Waals surface area contributed by atoms with Gasteiger partial charge in [-0.1, -0.05) is 0 Å². The van der Waals surface area contributed by atoms with E-state index in [4.69, 9.17) is 4.74 Å². The Balaban J connectivity index is 1.53. The van der Waals surface area contributed by atoms with Crippen LogP contribution in [-0.4, -0.2) is 41.3 Å². The van der Waals surface area contributed by atoms with Crippen LogP contribution in [0.1, 0.15) is 53.1 Å². The van der Waals surface area contributed by atoms with Crippen molar-refractivity contribution in [3.05, 3.63) is 64.9 Å². The fourth-order valence-electron chi connectivity index (χ4n) is 3.60. The number of alkyl halides is 5. The van der Waals surface area contributed by atoms with Crippen molar-refractivity contribution in [2.45, 2.75) is 38.4 Å². The van der Waals surface area contributed by atoms with Gasteiger partial charge in [-0.3, -0.25) is 14.8 Å². The largest absolute Gasteiger partial charge is 0.488 e. The van der Waals surface area contributed by atoms with E-state index in [1.807, 2.05) is 6.20 Å². The zero-order chi connectivity index (χ0) is 25.2. The molecule has 0 radical (unpaired) electrons. The van der Waals surface area contributed by atoms with Crippen molar-refractivity contribution in [1.29, 1.82) is 0 Å². The Bertz CT molecular complexity index is 1160. The van der Waals surface area contributed by atoms with Crippen LogP contribution < -0.4 is 15.4 Å². The van der Waals surface area contributed by atoms with E-state index in [9.17, 15) is 26.7 Å². The summed E-state index contributed by atoms with van der Waals surface area (Å²) in [6.07, 6.45) is -0.617. The number of ether oxygens (including phenoxy) is 1. The van der Waals surface area contributed by atoms with Gasteiger partial charge in [0.1, 0.15) is 18.1 Å². The number of amidine groups is 1. The summed E-state index contributed by atoms with van der Waals surface area (Å²) in [5.41, 5.74) is 0.371. The number of aliphatic imine (C=N–C) groups is 1. The lowest BCUT2D eigenvalue weighted by molar-refractivity contribution is -0.137. The maximum atomic E-state index is 13.3. The van der Waals surface area contributed by atoms with Crippen LogP contribution in [0.2, 0.25) is 0 Å². The first-order chi connectivity index (χ1) is 16.6. The second kappa shape index (κ2) is 9.96. The summed E-state index contributed by atoms with van der Waals surface area (Å²) < 4.78 is 69.6. The van der Waals surface area contributed by atoms with Gasteiger partial charge < -0.3 is 15.4 Å². The van der Waals surface area contributed by atoms with Crippen LogP contribution in [-0.2, 0) is 6.18 Å². The highest BCUT2D eigenvalue weighted by Gasteiger charge is 2.33. The predicted molar refractivity (Wildman–Crippen MR) is 116 cm³/mol. The van der Waals surface area contributed by atoms with Gasteiger partial charge in [0.15, 0.2) is 5.84 Å². The van der Waals surface area contributed by atoms with Gasteiger partial charge in [0.2, 0.25) is 0 Å². The third-order valence-corrected chi connectivity index (χ3v) is 5.50. The van der Waals surface area contributed by atoms with Gasteiger partial charge in [0, 0.05) is 24.2 Å². The van der Waals surface area contributed by atoms with Crippen molar-refractivity contribution in [3.8, 4) is 5.75 Å². The normalized spacial score (nSPS) is 16.8. The molecule has 1 aromatic heterocycles. The third kappa shape index (κ3) is 6.11. The molecule has 0 spiro atoms. The number of hydrogen-bond acceptors (Lipinski definition) is 6. The number of carbonyl (C=O) groups excluding carboxylic acids is 1. The van der Waals surface area contributed by atoms with E-state index in [2.05, 4.69) is 25.6 Å². The van der Waals surface area contributed by atoms with Gasteiger partial charge in [0.05, 0.1) is 23.8 Å². The fourth-order valence-corrected chi connectivity index (χ4v) is 3.60. The minimum Gasteiger partial charge on any atom is -0.488 e. The van der Waals surface area contributed by atoms with Gasteiger partial charge in [-0.05, 0) is 49.5 Å². The number of aromatic nitrogens is 2. The molecule has 12 heteroatoms. The molecular weight excluding hydrogens is 473 g/mol. The second-order valence-electron chi connectivity index (χ2n) is 8.23. The highest BCUT2D eigenvalue weighted by Crippen LogP contribution is 2.37. The molecule has 1 unspecified atom stereocenters. The molecular formula is C23H22F5N5O2. The van der Waals surface area contributed by atoms with Gasteiger partial charge in [-0.2, -0.15) is 13.2 Å². The number of nitrogens with one attached hydrogen (secondary N) is 2. The number of rotatable bonds is 8. The molecule has 2 N–H and O–H groups in total. The summed E-state index contributed by atoms with van der Waals surface area (Å²) in [5, 5.41) is 5.70. The number of carbonyl (C=O) groups is 1. The molecule has 7 nitrogen and oxygen atoms in total. The topological polar surface area (TPSA) is 88.5 Å². The zero-order valence-corrected chi connectivity index (χ0v) is 18.6. The molecule has 1 saturated carbocycles. The molecule has 2 aromatic rings. The number of nitrogens with zero attached hydrogens (tertiary/aromatic N) is 3. The lowest BCUT2D eigenvalue weighted by Crippen LogP contribution is -2.32. The minimum absolute atomic E-state index is 0.358. The van der Waals surface area contributed by atoms with E-state index in [1.54, 1.807) is 6.92 Å². The molecule has 1 aliphatic carbocycles. The van der Waals surface area contributed by atoms with Crippen molar-refractivity contribution in [3.63, 3.8) is 0 Å². The number of amides is 1. The summed E-state index contributed by atoms with van der Waals surface area (Å²) in [6.45, 7) is 1.02. The number of halogens is 5. The average molecular weight is 495 g/mol. The van der Waals surface area contributed by atoms with Gasteiger partial charge >= 0.3 is 6.18 Å². The highest BCUT2D eigenvalue weighted by molar-refractivity contribution is 6.00. The zero-order valence-electron chi connectivity index (χ0n) is 18.6. The molecule has 186 valence electrons. The third-order valence-electron chi connectivity index (χ3n) is 5.50. The molecule has 0 bridgehead atoms. The standard InChI is InChI=1S/C23H22F5N5O2/c1-12(19-20(30-5-4-29-19)21-31-9-15(10-32-21)13-2-3-13)33-22(34)14-6-16(23(26,27)28)8-17(7-14)35-11-18(24)25/h4-9,12-13,18H,2-3,10-11H2,1H3,(H,31,32)(H,33,34). The van der Waals surface area contributed by atoms with Crippen LogP contribution in [0.5, 0.6) is 5.75 Å². The number of hydrogen-bond donors (Lipinski definition) is 2. The Kier molecular flexibility index (Phi) is 6.99. The van der Waals surface area contributed by atoms with Crippen LogP contribution >= 0.6 is 0 Å². The molecule has 1 fully saturated rings. The summed E-state index contributed by atoms with van der Waals surface area (Å²) in [6, 6.07) is 1.42. The summed E-state index contributed by atoms with van der Waals surface area (Å²) in [4.78, 5) is 25.9. The lowest BCUT2D eigenvalue weighted by atomic mass is 10.1. The summed E-state index contributed by atoms with van der Waals surface area (Å²) in [5.74, 6) is -0.330. The van der Waals surface area contributed by atoms with Crippen molar-refractivity contribution in [2.75, 3.05) is 13.2 Å². The molecule has 35 heavy (non-hydrogen) atoms. The van der Waals surface area contributed by atoms with Crippen molar-refractivity contribution < 1.29 is 31.5 Å². The van der Waals surface area contributed by atoms with Gasteiger partial charge in [0.25, 0.3) is 12.3 Å². The SMILES string of the molecule is CC(NC(=O)c1cc(OCC(F)F)cc(C(F)(F)F)c1)c1nccnc1C1=NCC(C2CC2)=CN1. The maximum Gasteiger partial charge on any atom is 0.416 e. The van der Waals surface area contributed by atoms with E-state index in [0.29, 0.717) is 41.8 Å². The van der Waals surface area contributed by atoms with E-state index in [0.717, 1.165) is 18.9 Å². The number of benzene rings is 1. The van der Waals surface area contributed by atoms with E-state index < -0.39 is 48.0 Å². The average Bonchev–Trinajstić information content (AvgIpc) is 3.68. The quantitative estimate of drug-likeness (QED) is 0.534. The molecule has 1 aliphatic heterocycles. The molecule has 1 atom stereocenters. The molecule has 4 rings (SSSR count). The first kappa shape index (κ1) is 24.6. The van der Waals surface area contributed by atoms with Crippen LogP contribution in [0.25, 0.3) is 0 Å². The van der Waals surface area contributed by atoms with E-state index >= 15 is 0 Å². The van der Waals surface area contributed by atoms with E-state index in [-0.39, 0.29) is 0 Å². The second-order valence-corrected chi connectivity index (χ2v) is 8.23. The summed E-state index contributed by atoms with van der Waals surface area (Å²) in [7, 11) is 0. The Morgan fingerprint density at radius 1 is 1.20 bits per heavy atom.